The van der Waals surface area contributed by atoms with Crippen LogP contribution in [0.3, 0.4) is 0 Å². The first kappa shape index (κ1) is 63.7. The molecule has 5 rings (SSSR count). The predicted molar refractivity (Wildman–Crippen MR) is 294 cm³/mol. The Hall–Kier alpha value is -8.08. The van der Waals surface area contributed by atoms with Crippen molar-refractivity contribution in [3.8, 4) is 11.5 Å². The maximum absolute atomic E-state index is 14.9. The summed E-state index contributed by atoms with van der Waals surface area (Å²) in [5, 5.41) is 47.3. The van der Waals surface area contributed by atoms with Crippen LogP contribution in [-0.4, -0.2) is 159 Å². The summed E-state index contributed by atoms with van der Waals surface area (Å²) in [5.41, 5.74) is 1.63. The first-order valence-electron chi connectivity index (χ1n) is 27.4. The van der Waals surface area contributed by atoms with Crippen molar-refractivity contribution >= 4 is 59.2 Å². The molecule has 0 aromatic heterocycles. The van der Waals surface area contributed by atoms with Crippen LogP contribution in [-0.2, 0) is 76.7 Å². The third-order valence-electron chi connectivity index (χ3n) is 14.6. The van der Waals surface area contributed by atoms with Crippen LogP contribution >= 0.6 is 0 Å². The number of aromatic hydroxyl groups is 2. The number of rotatable bonds is 19. The highest BCUT2D eigenvalue weighted by molar-refractivity contribution is 5.98. The van der Waals surface area contributed by atoms with E-state index < -0.39 is 145 Å². The Balaban J connectivity index is 1.54. The lowest BCUT2D eigenvalue weighted by Gasteiger charge is -2.44. The molecule has 2 saturated heterocycles. The number of fused-ring (bicyclic) bond motifs is 2. The molecule has 440 valence electrons. The largest absolute Gasteiger partial charge is 0.508 e. The minimum atomic E-state index is -1.81. The minimum absolute atomic E-state index is 0.0259. The van der Waals surface area contributed by atoms with E-state index in [0.29, 0.717) is 29.5 Å². The summed E-state index contributed by atoms with van der Waals surface area (Å²) < 4.78 is 10.9. The van der Waals surface area contributed by atoms with Gasteiger partial charge in [0, 0.05) is 39.2 Å². The Kier molecular flexibility index (Phi) is 23.6. The van der Waals surface area contributed by atoms with E-state index in [4.69, 9.17) is 9.47 Å². The standard InChI is InChI=1S/C58H78N8O15/c1-9-14-45(69)59-42(29-36-17-21-38(67)22-18-36)51(72)61-41(57(78)80-8)25-27-46(70)63-49-34(6)81-58(79)48(33(5)10-2)64-53(74)44(31-35-15-12-11-13-16-35)65(7)56(77)50(32(3)4)66-47(71)28-26-40(55(66)76)60-52(73)43(62-54(49)75)30-37-19-23-39(68)24-20-37/h11-13,15-24,32-34,40-44,47-50,67-68,71H,9-10,14,25-31H2,1-8H3,(H,59,69)(H,60,73)(H,61,72)(H,62,75)(H,63,70)(H,64,74)/t33-,34+,40-,41-,42-,43-,44-,47+,48?,49-,50-/m0/s1. The molecule has 23 heteroatoms. The van der Waals surface area contributed by atoms with Crippen LogP contribution in [0.25, 0.3) is 0 Å². The monoisotopic (exact) mass is 1130 g/mol. The number of methoxy groups -OCH3 is 1. The van der Waals surface area contributed by atoms with Crippen LogP contribution in [0.15, 0.2) is 78.9 Å². The zero-order chi connectivity index (χ0) is 59.7. The van der Waals surface area contributed by atoms with Gasteiger partial charge in [0.2, 0.25) is 47.3 Å². The van der Waals surface area contributed by atoms with Crippen molar-refractivity contribution in [2.24, 2.45) is 11.8 Å². The Labute approximate surface area is 471 Å². The van der Waals surface area contributed by atoms with E-state index in [-0.39, 0.29) is 50.0 Å². The van der Waals surface area contributed by atoms with Gasteiger partial charge in [-0.3, -0.25) is 38.4 Å². The highest BCUT2D eigenvalue weighted by Gasteiger charge is 2.47. The smallest absolute Gasteiger partial charge is 0.329 e. The van der Waals surface area contributed by atoms with Gasteiger partial charge in [-0.25, -0.2) is 9.59 Å². The zero-order valence-corrected chi connectivity index (χ0v) is 47.1. The van der Waals surface area contributed by atoms with Crippen LogP contribution in [0.2, 0.25) is 0 Å². The molecule has 2 aliphatic rings. The minimum Gasteiger partial charge on any atom is -0.508 e. The quantitative estimate of drug-likeness (QED) is 0.0770. The van der Waals surface area contributed by atoms with E-state index in [1.165, 1.54) is 55.3 Å². The fourth-order valence-electron chi connectivity index (χ4n) is 9.70. The third kappa shape index (κ3) is 17.7. The van der Waals surface area contributed by atoms with Crippen LogP contribution in [0.4, 0.5) is 0 Å². The first-order valence-corrected chi connectivity index (χ1v) is 27.4. The lowest BCUT2D eigenvalue weighted by Crippen LogP contribution is -2.66. The fraction of sp³-hybridized carbons (Fsp3) is 0.517. The highest BCUT2D eigenvalue weighted by Crippen LogP contribution is 2.27. The molecule has 3 aromatic rings. The number of aliphatic hydroxyl groups excluding tert-OH is 1. The van der Waals surface area contributed by atoms with Gasteiger partial charge in [-0.1, -0.05) is 95.6 Å². The van der Waals surface area contributed by atoms with E-state index in [1.54, 1.807) is 77.1 Å². The number of aliphatic hydroxyl groups is 1. The number of ether oxygens (including phenoxy) is 2. The van der Waals surface area contributed by atoms with Gasteiger partial charge in [-0.05, 0) is 85.4 Å². The second-order valence-corrected chi connectivity index (χ2v) is 21.1. The summed E-state index contributed by atoms with van der Waals surface area (Å²) in [7, 11) is 2.45. The molecule has 1 unspecified atom stereocenters. The van der Waals surface area contributed by atoms with Gasteiger partial charge in [-0.15, -0.1) is 0 Å². The molecule has 2 heterocycles. The van der Waals surface area contributed by atoms with Gasteiger partial charge in [0.25, 0.3) is 0 Å². The number of carbonyl (C=O) groups is 10. The molecular formula is C58H78N8O15. The Morgan fingerprint density at radius 1 is 0.728 bits per heavy atom. The number of esters is 2. The maximum Gasteiger partial charge on any atom is 0.329 e. The summed E-state index contributed by atoms with van der Waals surface area (Å²) in [5.74, 6) is -9.81. The summed E-state index contributed by atoms with van der Waals surface area (Å²) in [6.07, 6.45) is -3.70. The lowest BCUT2D eigenvalue weighted by atomic mass is 9.93. The van der Waals surface area contributed by atoms with Crippen LogP contribution in [0.5, 0.6) is 11.5 Å². The van der Waals surface area contributed by atoms with Gasteiger partial charge in [0.1, 0.15) is 72.2 Å². The molecular weight excluding hydrogens is 1050 g/mol. The molecule has 9 N–H and O–H groups in total. The number of cyclic esters (lactones) is 1. The van der Waals surface area contributed by atoms with Crippen LogP contribution < -0.4 is 31.9 Å². The first-order chi connectivity index (χ1) is 38.5. The molecule has 2 bridgehead atoms. The lowest BCUT2D eigenvalue weighted by molar-refractivity contribution is -0.167. The van der Waals surface area contributed by atoms with Crippen molar-refractivity contribution in [2.75, 3.05) is 14.2 Å². The number of likely N-dealkylation sites (N-methyl/N-ethyl adjacent to an activating group) is 1. The van der Waals surface area contributed by atoms with E-state index in [2.05, 4.69) is 31.9 Å². The van der Waals surface area contributed by atoms with Crippen molar-refractivity contribution in [2.45, 2.75) is 166 Å². The number of carbonyl (C=O) groups excluding carboxylic acids is 10. The molecule has 3 aromatic carbocycles. The van der Waals surface area contributed by atoms with Crippen molar-refractivity contribution in [3.05, 3.63) is 95.6 Å². The average molecular weight is 1130 g/mol. The number of amides is 8. The van der Waals surface area contributed by atoms with Crippen LogP contribution in [0, 0.1) is 11.8 Å². The molecule has 0 spiro atoms. The number of phenols is 2. The van der Waals surface area contributed by atoms with Gasteiger partial charge >= 0.3 is 11.9 Å². The Bertz CT molecular complexity index is 2690. The number of benzene rings is 3. The summed E-state index contributed by atoms with van der Waals surface area (Å²) in [6.45, 7) is 9.84. The normalized spacial score (nSPS) is 23.4. The molecule has 2 fully saturated rings. The Morgan fingerprint density at radius 3 is 1.94 bits per heavy atom. The number of hydrogen-bond acceptors (Lipinski definition) is 15. The van der Waals surface area contributed by atoms with Crippen LogP contribution in [0.1, 0.15) is 103 Å². The third-order valence-corrected chi connectivity index (χ3v) is 14.6. The number of phenolic OH excluding ortho intramolecular Hbond substituents is 2. The molecule has 2 aliphatic heterocycles. The van der Waals surface area contributed by atoms with E-state index in [0.717, 1.165) is 12.0 Å². The van der Waals surface area contributed by atoms with E-state index >= 15 is 0 Å². The van der Waals surface area contributed by atoms with Crippen molar-refractivity contribution in [1.29, 1.82) is 0 Å². The van der Waals surface area contributed by atoms with Gasteiger partial charge in [0.15, 0.2) is 0 Å². The molecule has 0 aliphatic carbocycles. The molecule has 0 radical (unpaired) electrons. The summed E-state index contributed by atoms with van der Waals surface area (Å²) in [6, 6.07) is 8.92. The van der Waals surface area contributed by atoms with E-state index in [1.807, 2.05) is 0 Å². The fourth-order valence-corrected chi connectivity index (χ4v) is 9.70. The maximum atomic E-state index is 14.9. The van der Waals surface area contributed by atoms with Crippen molar-refractivity contribution < 1.29 is 72.7 Å². The van der Waals surface area contributed by atoms with E-state index in [9.17, 15) is 63.3 Å². The number of hydrogen-bond donors (Lipinski definition) is 9. The summed E-state index contributed by atoms with van der Waals surface area (Å²) in [4.78, 5) is 144. The predicted octanol–water partition coefficient (Wildman–Crippen LogP) is 1.57. The number of piperidine rings is 1. The van der Waals surface area contributed by atoms with Gasteiger partial charge in [0.05, 0.1) is 7.11 Å². The zero-order valence-electron chi connectivity index (χ0n) is 47.1. The molecule has 0 saturated carbocycles. The molecule has 23 nitrogen and oxygen atoms in total. The topological polar surface area (TPSA) is 329 Å². The SMILES string of the molecule is CCCC(=O)N[C@@H](Cc1ccc(O)cc1)C(=O)N[C@@H](CCC(=O)N[C@@H]1C(=O)N[C@@H](Cc2ccc(O)cc2)C(=O)N[C@H]2CC[C@@H](O)N(C2=O)[C@@H](C(C)C)C(=O)N(C)[C@@H](Cc2ccccc2)C(=O)NC([C@@H](C)CC)C(=O)O[C@@H]1C)C(=O)OC. The molecule has 81 heavy (non-hydrogen) atoms. The Morgan fingerprint density at radius 2 is 1.35 bits per heavy atom. The van der Waals surface area contributed by atoms with Crippen molar-refractivity contribution in [3.63, 3.8) is 0 Å². The highest BCUT2D eigenvalue weighted by atomic mass is 16.5. The van der Waals surface area contributed by atoms with Gasteiger partial charge < -0.3 is 66.5 Å². The van der Waals surface area contributed by atoms with Crippen molar-refractivity contribution in [1.82, 2.24) is 41.7 Å². The molecule has 11 atom stereocenters. The number of nitrogens with one attached hydrogen (secondary N) is 6. The average Bonchev–Trinajstić information content (AvgIpc) is 3.60. The second kappa shape index (κ2) is 29.9. The van der Waals surface area contributed by atoms with Gasteiger partial charge in [-0.2, -0.15) is 0 Å². The molecule has 8 amide bonds. The summed E-state index contributed by atoms with van der Waals surface area (Å²) >= 11 is 0. The second-order valence-electron chi connectivity index (χ2n) is 21.1. The number of nitrogens with zero attached hydrogens (tertiary/aromatic N) is 2.